The van der Waals surface area contributed by atoms with Crippen molar-refractivity contribution in [3.8, 4) is 0 Å². The lowest BCUT2D eigenvalue weighted by Crippen LogP contribution is -2.34. The van der Waals surface area contributed by atoms with Crippen molar-refractivity contribution >= 4 is 27.5 Å². The minimum Gasteiger partial charge on any atom is -0.459 e. The van der Waals surface area contributed by atoms with Crippen molar-refractivity contribution in [2.24, 2.45) is 0 Å². The maximum atomic E-state index is 13.8. The minimum atomic E-state index is -4.11. The summed E-state index contributed by atoms with van der Waals surface area (Å²) in [5, 5.41) is 5.20. The number of benzene rings is 2. The van der Waals surface area contributed by atoms with Gasteiger partial charge in [-0.25, -0.2) is 12.8 Å². The van der Waals surface area contributed by atoms with Crippen LogP contribution in [0.2, 0.25) is 0 Å². The fourth-order valence-electron chi connectivity index (χ4n) is 2.70. The largest absolute Gasteiger partial charge is 0.459 e. The molecule has 3 aromatic rings. The van der Waals surface area contributed by atoms with Crippen LogP contribution in [0.15, 0.2) is 70.2 Å². The quantitative estimate of drug-likeness (QED) is 0.461. The first kappa shape index (κ1) is 22.0. The molecular weight excluding hydrogens is 425 g/mol. The van der Waals surface area contributed by atoms with E-state index in [1.165, 1.54) is 48.7 Å². The molecule has 2 aromatic carbocycles. The van der Waals surface area contributed by atoms with Crippen LogP contribution in [0.25, 0.3) is 0 Å². The van der Waals surface area contributed by atoms with E-state index in [1.807, 2.05) is 0 Å². The van der Waals surface area contributed by atoms with Crippen molar-refractivity contribution in [1.29, 1.82) is 0 Å². The molecule has 3 rings (SSSR count). The molecule has 0 aliphatic carbocycles. The first-order valence-electron chi connectivity index (χ1n) is 9.26. The molecule has 2 amide bonds. The topological polar surface area (TPSA) is 118 Å². The lowest BCUT2D eigenvalue weighted by atomic mass is 10.1. The van der Waals surface area contributed by atoms with Crippen LogP contribution in [0.3, 0.4) is 0 Å². The summed E-state index contributed by atoms with van der Waals surface area (Å²) < 4.78 is 46.2. The molecule has 0 bridgehead atoms. The Morgan fingerprint density at radius 2 is 1.68 bits per heavy atom. The number of para-hydroxylation sites is 1. The first-order chi connectivity index (χ1) is 14.8. The summed E-state index contributed by atoms with van der Waals surface area (Å²) in [6.07, 6.45) is 1.38. The summed E-state index contributed by atoms with van der Waals surface area (Å²) in [5.74, 6) is -1.48. The molecule has 10 heteroatoms. The summed E-state index contributed by atoms with van der Waals surface area (Å²) in [7, 11) is -4.11. The first-order valence-corrected chi connectivity index (χ1v) is 10.7. The number of furan rings is 1. The van der Waals surface area contributed by atoms with Gasteiger partial charge in [-0.2, -0.15) is 0 Å². The van der Waals surface area contributed by atoms with E-state index in [-0.39, 0.29) is 35.0 Å². The Bertz CT molecular complexity index is 1190. The molecule has 0 radical (unpaired) electrons. The van der Waals surface area contributed by atoms with Crippen LogP contribution >= 0.6 is 0 Å². The molecule has 0 saturated carbocycles. The van der Waals surface area contributed by atoms with Crippen LogP contribution in [0.4, 0.5) is 10.1 Å². The Morgan fingerprint density at radius 1 is 0.968 bits per heavy atom. The van der Waals surface area contributed by atoms with Crippen molar-refractivity contribution in [3.05, 3.63) is 83.6 Å². The zero-order chi connectivity index (χ0) is 22.4. The van der Waals surface area contributed by atoms with E-state index in [0.717, 1.165) is 6.07 Å². The van der Waals surface area contributed by atoms with Crippen LogP contribution < -0.4 is 15.4 Å². The summed E-state index contributed by atoms with van der Waals surface area (Å²) in [5.41, 5.74) is 0.511. The molecule has 0 aliphatic heterocycles. The Hall–Kier alpha value is -3.66. The minimum absolute atomic E-state index is 0.120. The Kier molecular flexibility index (Phi) is 6.71. The Balaban J connectivity index is 1.65. The molecule has 0 fully saturated rings. The Morgan fingerprint density at radius 3 is 2.35 bits per heavy atom. The zero-order valence-corrected chi connectivity index (χ0v) is 17.3. The molecule has 162 valence electrons. The number of nitrogens with one attached hydrogen (secondary N) is 3. The fraction of sp³-hybridized carbons (Fsp3) is 0.143. The number of hydrogen-bond acceptors (Lipinski definition) is 5. The number of rotatable bonds is 8. The predicted molar refractivity (Wildman–Crippen MR) is 112 cm³/mol. The molecule has 0 unspecified atom stereocenters. The van der Waals surface area contributed by atoms with Crippen molar-refractivity contribution in [3.63, 3.8) is 0 Å². The second kappa shape index (κ2) is 9.43. The third kappa shape index (κ3) is 5.48. The summed E-state index contributed by atoms with van der Waals surface area (Å²) >= 11 is 0. The lowest BCUT2D eigenvalue weighted by Gasteiger charge is -2.12. The summed E-state index contributed by atoms with van der Waals surface area (Å²) in [4.78, 5) is 24.1. The number of amides is 2. The highest BCUT2D eigenvalue weighted by atomic mass is 32.2. The third-order valence-corrected chi connectivity index (χ3v) is 5.69. The average Bonchev–Trinajstić information content (AvgIpc) is 3.27. The average molecular weight is 445 g/mol. The summed E-state index contributed by atoms with van der Waals surface area (Å²) in [6, 6.07) is 12.5. The second-order valence-electron chi connectivity index (χ2n) is 6.55. The Labute approximate surface area is 178 Å². The summed E-state index contributed by atoms with van der Waals surface area (Å²) in [6.45, 7) is 1.93. The van der Waals surface area contributed by atoms with Gasteiger partial charge in [-0.05, 0) is 48.9 Å². The predicted octanol–water partition coefficient (Wildman–Crippen LogP) is 2.69. The molecule has 8 nitrogen and oxygen atoms in total. The van der Waals surface area contributed by atoms with Gasteiger partial charge in [0.15, 0.2) is 5.76 Å². The van der Waals surface area contributed by atoms with Gasteiger partial charge in [-0.3, -0.25) is 14.3 Å². The highest BCUT2D eigenvalue weighted by Crippen LogP contribution is 2.21. The molecular formula is C21H20FN3O5S. The highest BCUT2D eigenvalue weighted by Gasteiger charge is 2.19. The van der Waals surface area contributed by atoms with Crippen LogP contribution in [-0.2, 0) is 10.0 Å². The van der Waals surface area contributed by atoms with E-state index in [1.54, 1.807) is 13.0 Å². The van der Waals surface area contributed by atoms with Crippen LogP contribution in [0, 0.1) is 12.7 Å². The smallest absolute Gasteiger partial charge is 0.287 e. The van der Waals surface area contributed by atoms with Gasteiger partial charge in [-0.1, -0.05) is 18.2 Å². The second-order valence-corrected chi connectivity index (χ2v) is 8.23. The maximum Gasteiger partial charge on any atom is 0.287 e. The molecule has 1 aromatic heterocycles. The van der Waals surface area contributed by atoms with Gasteiger partial charge < -0.3 is 15.1 Å². The van der Waals surface area contributed by atoms with Gasteiger partial charge in [0.1, 0.15) is 5.82 Å². The molecule has 0 aliphatic rings. The normalized spacial score (nSPS) is 11.0. The van der Waals surface area contributed by atoms with Gasteiger partial charge in [-0.15, -0.1) is 0 Å². The van der Waals surface area contributed by atoms with Crippen molar-refractivity contribution in [2.45, 2.75) is 11.8 Å². The van der Waals surface area contributed by atoms with E-state index < -0.39 is 27.7 Å². The number of sulfonamides is 1. The van der Waals surface area contributed by atoms with Crippen molar-refractivity contribution < 1.29 is 26.8 Å². The van der Waals surface area contributed by atoms with Gasteiger partial charge in [0.25, 0.3) is 21.8 Å². The monoisotopic (exact) mass is 445 g/mol. The van der Waals surface area contributed by atoms with E-state index in [0.29, 0.717) is 5.56 Å². The lowest BCUT2D eigenvalue weighted by molar-refractivity contribution is 0.0910. The van der Waals surface area contributed by atoms with Crippen LogP contribution in [0.5, 0.6) is 0 Å². The number of hydrogen-bond donors (Lipinski definition) is 3. The van der Waals surface area contributed by atoms with Gasteiger partial charge in [0, 0.05) is 18.7 Å². The van der Waals surface area contributed by atoms with E-state index in [4.69, 9.17) is 4.42 Å². The number of aryl methyl sites for hydroxylation is 1. The SMILES string of the molecule is Cc1ccc(S(=O)(=O)Nc2ccccc2F)cc1C(=O)NCCNC(=O)c1ccco1. The standard InChI is InChI=1S/C21H20FN3O5S/c1-14-8-9-15(31(28,29)25-18-6-3-2-5-17(18)22)13-16(14)20(26)23-10-11-24-21(27)19-7-4-12-30-19/h2-9,12-13,25H,10-11H2,1H3,(H,23,26)(H,24,27). The van der Waals surface area contributed by atoms with Crippen LogP contribution in [0.1, 0.15) is 26.5 Å². The van der Waals surface area contributed by atoms with Gasteiger partial charge in [0.2, 0.25) is 0 Å². The molecule has 1 heterocycles. The van der Waals surface area contributed by atoms with Crippen molar-refractivity contribution in [1.82, 2.24) is 10.6 Å². The molecule has 0 atom stereocenters. The molecule has 0 saturated heterocycles. The number of carbonyl (C=O) groups excluding carboxylic acids is 2. The number of anilines is 1. The number of halogens is 1. The third-order valence-electron chi connectivity index (χ3n) is 4.32. The van der Waals surface area contributed by atoms with Crippen LogP contribution in [-0.4, -0.2) is 33.3 Å². The van der Waals surface area contributed by atoms with Gasteiger partial charge in [0.05, 0.1) is 16.8 Å². The van der Waals surface area contributed by atoms with E-state index in [9.17, 15) is 22.4 Å². The zero-order valence-electron chi connectivity index (χ0n) is 16.5. The van der Waals surface area contributed by atoms with Gasteiger partial charge >= 0.3 is 0 Å². The van der Waals surface area contributed by atoms with Crippen molar-refractivity contribution in [2.75, 3.05) is 17.8 Å². The molecule has 0 spiro atoms. The maximum absolute atomic E-state index is 13.8. The van der Waals surface area contributed by atoms with E-state index in [2.05, 4.69) is 15.4 Å². The highest BCUT2D eigenvalue weighted by molar-refractivity contribution is 7.92. The molecule has 31 heavy (non-hydrogen) atoms. The number of carbonyl (C=O) groups is 2. The fourth-order valence-corrected chi connectivity index (χ4v) is 3.80. The molecule has 3 N–H and O–H groups in total. The van der Waals surface area contributed by atoms with E-state index >= 15 is 0 Å².